The first kappa shape index (κ1) is 12.3. The Bertz CT molecular complexity index is 379. The molecular weight excluding hydrogens is 210 g/mol. The van der Waals surface area contributed by atoms with Gasteiger partial charge >= 0.3 is 0 Å². The van der Waals surface area contributed by atoms with Gasteiger partial charge in [-0.1, -0.05) is 26.8 Å². The van der Waals surface area contributed by atoms with Crippen molar-refractivity contribution in [1.82, 2.24) is 0 Å². The van der Waals surface area contributed by atoms with Gasteiger partial charge in [-0.3, -0.25) is 0 Å². The minimum absolute atomic E-state index is 0.340. The summed E-state index contributed by atoms with van der Waals surface area (Å²) in [7, 11) is 0. The van der Waals surface area contributed by atoms with E-state index in [1.807, 2.05) is 0 Å². The minimum Gasteiger partial charge on any atom is -0.493 e. The molecule has 0 amide bonds. The van der Waals surface area contributed by atoms with Gasteiger partial charge < -0.3 is 10.1 Å². The van der Waals surface area contributed by atoms with Crippen molar-refractivity contribution in [2.24, 2.45) is 5.41 Å². The maximum absolute atomic E-state index is 5.94. The second-order valence-corrected chi connectivity index (χ2v) is 5.97. The molecule has 0 saturated carbocycles. The fourth-order valence-corrected chi connectivity index (χ4v) is 2.08. The zero-order valence-corrected chi connectivity index (χ0v) is 11.2. The SMILES string of the molecule is CC(C)(C)CCOc1cccc2c1CCCN2. The summed E-state index contributed by atoms with van der Waals surface area (Å²) in [6.07, 6.45) is 3.42. The Labute approximate surface area is 104 Å². The molecule has 0 atom stereocenters. The van der Waals surface area contributed by atoms with Gasteiger partial charge in [-0.05, 0) is 36.8 Å². The van der Waals surface area contributed by atoms with Crippen LogP contribution >= 0.6 is 0 Å². The summed E-state index contributed by atoms with van der Waals surface area (Å²) in [6.45, 7) is 8.63. The lowest BCUT2D eigenvalue weighted by molar-refractivity contribution is 0.241. The van der Waals surface area contributed by atoms with Crippen LogP contribution in [0.2, 0.25) is 0 Å². The molecule has 0 spiro atoms. The third-order valence-corrected chi connectivity index (χ3v) is 3.16. The lowest BCUT2D eigenvalue weighted by Crippen LogP contribution is -2.15. The molecule has 1 N–H and O–H groups in total. The molecule has 0 aromatic heterocycles. The van der Waals surface area contributed by atoms with Crippen molar-refractivity contribution in [3.63, 3.8) is 0 Å². The fraction of sp³-hybridized carbons (Fsp3) is 0.600. The first-order valence-corrected chi connectivity index (χ1v) is 6.55. The first-order chi connectivity index (χ1) is 8.06. The molecule has 0 aliphatic carbocycles. The number of hydrogen-bond donors (Lipinski definition) is 1. The highest BCUT2D eigenvalue weighted by Crippen LogP contribution is 2.31. The van der Waals surface area contributed by atoms with Crippen LogP contribution in [0.5, 0.6) is 5.75 Å². The maximum Gasteiger partial charge on any atom is 0.124 e. The Balaban J connectivity index is 2.01. The first-order valence-electron chi connectivity index (χ1n) is 6.55. The average Bonchev–Trinajstić information content (AvgIpc) is 2.28. The Kier molecular flexibility index (Phi) is 3.60. The molecule has 0 saturated heterocycles. The summed E-state index contributed by atoms with van der Waals surface area (Å²) in [5, 5.41) is 3.43. The van der Waals surface area contributed by atoms with Crippen molar-refractivity contribution in [2.45, 2.75) is 40.0 Å². The summed E-state index contributed by atoms with van der Waals surface area (Å²) in [6, 6.07) is 6.31. The number of nitrogens with one attached hydrogen (secondary N) is 1. The van der Waals surface area contributed by atoms with Gasteiger partial charge in [0, 0.05) is 17.8 Å². The smallest absolute Gasteiger partial charge is 0.124 e. The molecule has 17 heavy (non-hydrogen) atoms. The highest BCUT2D eigenvalue weighted by molar-refractivity contribution is 5.59. The topological polar surface area (TPSA) is 21.3 Å². The van der Waals surface area contributed by atoms with E-state index >= 15 is 0 Å². The standard InChI is InChI=1S/C15H23NO/c1-15(2,3)9-11-17-14-8-4-7-13-12(14)6-5-10-16-13/h4,7-8,16H,5-6,9-11H2,1-3H3. The summed E-state index contributed by atoms with van der Waals surface area (Å²) in [4.78, 5) is 0. The van der Waals surface area contributed by atoms with Crippen LogP contribution in [0.4, 0.5) is 5.69 Å². The van der Waals surface area contributed by atoms with Crippen molar-refractivity contribution < 1.29 is 4.74 Å². The zero-order chi connectivity index (χ0) is 12.3. The molecule has 2 nitrogen and oxygen atoms in total. The van der Waals surface area contributed by atoms with E-state index < -0.39 is 0 Å². The predicted octanol–water partition coefficient (Wildman–Crippen LogP) is 3.86. The van der Waals surface area contributed by atoms with E-state index in [0.29, 0.717) is 5.41 Å². The van der Waals surface area contributed by atoms with Crippen LogP contribution in [-0.4, -0.2) is 13.2 Å². The van der Waals surface area contributed by atoms with Gasteiger partial charge in [-0.25, -0.2) is 0 Å². The Morgan fingerprint density at radius 3 is 2.88 bits per heavy atom. The van der Waals surface area contributed by atoms with Crippen molar-refractivity contribution in [2.75, 3.05) is 18.5 Å². The van der Waals surface area contributed by atoms with E-state index in [0.717, 1.165) is 31.7 Å². The summed E-state index contributed by atoms with van der Waals surface area (Å²) < 4.78 is 5.94. The Hall–Kier alpha value is -1.18. The van der Waals surface area contributed by atoms with Crippen molar-refractivity contribution in [1.29, 1.82) is 0 Å². The lowest BCUT2D eigenvalue weighted by atomic mass is 9.93. The van der Waals surface area contributed by atoms with E-state index in [2.05, 4.69) is 44.3 Å². The predicted molar refractivity (Wildman–Crippen MR) is 72.8 cm³/mol. The van der Waals surface area contributed by atoms with Crippen LogP contribution in [0.25, 0.3) is 0 Å². The molecule has 2 rings (SSSR count). The summed E-state index contributed by atoms with van der Waals surface area (Å²) >= 11 is 0. The van der Waals surface area contributed by atoms with Gasteiger partial charge in [-0.15, -0.1) is 0 Å². The lowest BCUT2D eigenvalue weighted by Gasteiger charge is -2.22. The van der Waals surface area contributed by atoms with Crippen LogP contribution in [0.1, 0.15) is 39.2 Å². The summed E-state index contributed by atoms with van der Waals surface area (Å²) in [5.74, 6) is 1.07. The highest BCUT2D eigenvalue weighted by atomic mass is 16.5. The van der Waals surface area contributed by atoms with Crippen molar-refractivity contribution in [3.05, 3.63) is 23.8 Å². The third kappa shape index (κ3) is 3.39. The second kappa shape index (κ2) is 4.99. The molecule has 0 unspecified atom stereocenters. The normalized spacial score (nSPS) is 15.0. The second-order valence-electron chi connectivity index (χ2n) is 5.97. The van der Waals surface area contributed by atoms with E-state index in [1.165, 1.54) is 17.7 Å². The zero-order valence-electron chi connectivity index (χ0n) is 11.2. The molecule has 0 fully saturated rings. The van der Waals surface area contributed by atoms with E-state index in [4.69, 9.17) is 4.74 Å². The van der Waals surface area contributed by atoms with Gasteiger partial charge in [0.1, 0.15) is 5.75 Å². The van der Waals surface area contributed by atoms with Crippen LogP contribution < -0.4 is 10.1 Å². The van der Waals surface area contributed by atoms with Gasteiger partial charge in [0.25, 0.3) is 0 Å². The highest BCUT2D eigenvalue weighted by Gasteiger charge is 2.14. The number of anilines is 1. The Morgan fingerprint density at radius 2 is 2.12 bits per heavy atom. The number of hydrogen-bond acceptors (Lipinski definition) is 2. The monoisotopic (exact) mass is 233 g/mol. The van der Waals surface area contributed by atoms with Crippen molar-refractivity contribution >= 4 is 5.69 Å². The molecule has 1 aliphatic rings. The van der Waals surface area contributed by atoms with E-state index in [1.54, 1.807) is 0 Å². The van der Waals surface area contributed by atoms with Gasteiger partial charge in [0.15, 0.2) is 0 Å². The van der Waals surface area contributed by atoms with Crippen LogP contribution in [0.15, 0.2) is 18.2 Å². The summed E-state index contributed by atoms with van der Waals surface area (Å²) in [5.41, 5.74) is 2.95. The molecule has 1 aromatic rings. The quantitative estimate of drug-likeness (QED) is 0.856. The molecule has 94 valence electrons. The number of rotatable bonds is 3. The molecule has 1 aliphatic heterocycles. The minimum atomic E-state index is 0.340. The molecule has 1 heterocycles. The molecule has 0 bridgehead atoms. The van der Waals surface area contributed by atoms with Crippen LogP contribution in [-0.2, 0) is 6.42 Å². The van der Waals surface area contributed by atoms with E-state index in [9.17, 15) is 0 Å². The Morgan fingerprint density at radius 1 is 1.29 bits per heavy atom. The largest absolute Gasteiger partial charge is 0.493 e. The number of fused-ring (bicyclic) bond motifs is 1. The molecule has 0 radical (unpaired) electrons. The fourth-order valence-electron chi connectivity index (χ4n) is 2.08. The maximum atomic E-state index is 5.94. The van der Waals surface area contributed by atoms with Crippen molar-refractivity contribution in [3.8, 4) is 5.75 Å². The average molecular weight is 233 g/mol. The third-order valence-electron chi connectivity index (χ3n) is 3.16. The number of ether oxygens (including phenoxy) is 1. The molecule has 2 heteroatoms. The number of benzene rings is 1. The van der Waals surface area contributed by atoms with Crippen LogP contribution in [0, 0.1) is 5.41 Å². The van der Waals surface area contributed by atoms with Gasteiger partial charge in [0.05, 0.1) is 6.61 Å². The van der Waals surface area contributed by atoms with Crippen LogP contribution in [0.3, 0.4) is 0 Å². The van der Waals surface area contributed by atoms with Gasteiger partial charge in [-0.2, -0.15) is 0 Å². The molecule has 1 aromatic carbocycles. The molecular formula is C15H23NO. The van der Waals surface area contributed by atoms with Gasteiger partial charge in [0.2, 0.25) is 0 Å². The van der Waals surface area contributed by atoms with E-state index in [-0.39, 0.29) is 0 Å².